The van der Waals surface area contributed by atoms with E-state index in [1.807, 2.05) is 72.7 Å². The van der Waals surface area contributed by atoms with Crippen LogP contribution in [-0.4, -0.2) is 54.5 Å². The average molecular weight is 906 g/mol. The molecule has 0 aliphatic carbocycles. The summed E-state index contributed by atoms with van der Waals surface area (Å²) in [5.41, 5.74) is 0.962. The standard InChI is InChI=1S/C25H29ClN2O6S.C18H22ClFN2O3.CH4/c1-18-6-12-21(13-7-18)35(30,31)34-15-5-14-32-20-10-8-19(9-11-20)17-33-22-16-27-28(25(2,3)4)24(29)23(22)26;1-18(2,3)22-17(23)16(19)15(11-21-22)25-12-13-5-7-14(8-6-13)24-10-4-9-20;/h6-13,16H,5,14-15,17H2,1-4H3;5-8,11H,4,9-10,12H2,1-3H3;1H4. The third-order valence-corrected chi connectivity index (χ3v) is 10.4. The first-order valence-electron chi connectivity index (χ1n) is 19.1. The first-order chi connectivity index (χ1) is 28.3. The lowest BCUT2D eigenvalue weighted by atomic mass is 10.1. The Kier molecular flexibility index (Phi) is 18.8. The Balaban J connectivity index is 0.000000338. The molecule has 0 N–H and O–H groups in total. The van der Waals surface area contributed by atoms with E-state index in [0.717, 1.165) is 16.7 Å². The molecule has 0 radical (unpaired) electrons. The number of hydrogen-bond donors (Lipinski definition) is 0. The minimum absolute atomic E-state index is 0. The van der Waals surface area contributed by atoms with Crippen molar-refractivity contribution in [1.29, 1.82) is 0 Å². The van der Waals surface area contributed by atoms with Crippen molar-refractivity contribution in [2.24, 2.45) is 0 Å². The first-order valence-corrected chi connectivity index (χ1v) is 21.2. The summed E-state index contributed by atoms with van der Waals surface area (Å²) in [7, 11) is -3.78. The number of nitrogens with zero attached hydrogens (tertiary/aromatic N) is 4. The molecule has 0 fully saturated rings. The highest BCUT2D eigenvalue weighted by molar-refractivity contribution is 7.86. The topological polar surface area (TPSA) is 150 Å². The Hall–Kier alpha value is -4.96. The fraction of sp³-hybridized carbons (Fsp3) is 0.409. The van der Waals surface area contributed by atoms with E-state index in [1.54, 1.807) is 36.4 Å². The van der Waals surface area contributed by atoms with Crippen molar-refractivity contribution in [3.8, 4) is 23.0 Å². The molecule has 2 heterocycles. The highest BCUT2D eigenvalue weighted by Crippen LogP contribution is 2.24. The Morgan fingerprint density at radius 2 is 1.03 bits per heavy atom. The van der Waals surface area contributed by atoms with Crippen LogP contribution < -0.4 is 30.1 Å². The molecule has 5 rings (SSSR count). The van der Waals surface area contributed by atoms with E-state index in [1.165, 1.54) is 33.9 Å². The van der Waals surface area contributed by atoms with Crippen LogP contribution in [0, 0.1) is 6.92 Å². The SMILES string of the molecule is C.CC(C)(C)n1ncc(OCc2ccc(OCCCF)cc2)c(Cl)c1=O.Cc1ccc(S(=O)(=O)OCCCOc2ccc(COc3cnn(C(C)(C)C)c(=O)c3Cl)cc2)cc1. The summed E-state index contributed by atoms with van der Waals surface area (Å²) in [5, 5.41) is 8.27. The second kappa shape index (κ2) is 22.8. The van der Waals surface area contributed by atoms with Crippen LogP contribution in [0.1, 0.15) is 78.5 Å². The van der Waals surface area contributed by atoms with Gasteiger partial charge in [-0.25, -0.2) is 9.36 Å². The molecule has 0 spiro atoms. The average Bonchev–Trinajstić information content (AvgIpc) is 3.19. The van der Waals surface area contributed by atoms with E-state index < -0.39 is 33.4 Å². The van der Waals surface area contributed by atoms with Gasteiger partial charge in [0.25, 0.3) is 21.2 Å². The van der Waals surface area contributed by atoms with Crippen molar-refractivity contribution in [3.05, 3.63) is 133 Å². The number of hydrogen-bond acceptors (Lipinski definition) is 11. The molecule has 0 aliphatic rings. The number of rotatable bonds is 17. The van der Waals surface area contributed by atoms with E-state index in [-0.39, 0.29) is 59.2 Å². The lowest BCUT2D eigenvalue weighted by Gasteiger charge is -2.21. The van der Waals surface area contributed by atoms with Crippen molar-refractivity contribution >= 4 is 33.3 Å². The molecular formula is C44H55Cl2FN4O9S. The normalized spacial score (nSPS) is 11.5. The summed E-state index contributed by atoms with van der Waals surface area (Å²) in [6.45, 7) is 13.8. The van der Waals surface area contributed by atoms with Crippen LogP contribution in [0.4, 0.5) is 4.39 Å². The van der Waals surface area contributed by atoms with Crippen molar-refractivity contribution in [2.75, 3.05) is 26.5 Å². The highest BCUT2D eigenvalue weighted by Gasteiger charge is 2.21. The van der Waals surface area contributed by atoms with Gasteiger partial charge < -0.3 is 18.9 Å². The van der Waals surface area contributed by atoms with Gasteiger partial charge in [-0.05, 0) is 96.0 Å². The van der Waals surface area contributed by atoms with E-state index in [0.29, 0.717) is 37.6 Å². The van der Waals surface area contributed by atoms with Crippen molar-refractivity contribution in [3.63, 3.8) is 0 Å². The second-order valence-electron chi connectivity index (χ2n) is 15.5. The maximum absolute atomic E-state index is 12.4. The van der Waals surface area contributed by atoms with Crippen LogP contribution in [0.5, 0.6) is 23.0 Å². The lowest BCUT2D eigenvalue weighted by Crippen LogP contribution is -2.36. The molecule has 2 aromatic heterocycles. The summed E-state index contributed by atoms with van der Waals surface area (Å²) in [6.07, 6.45) is 3.66. The van der Waals surface area contributed by atoms with E-state index in [9.17, 15) is 22.4 Å². The number of ether oxygens (including phenoxy) is 4. The van der Waals surface area contributed by atoms with Gasteiger partial charge in [0.2, 0.25) is 0 Å². The molecule has 0 bridgehead atoms. The maximum Gasteiger partial charge on any atom is 0.296 e. The molecule has 61 heavy (non-hydrogen) atoms. The number of benzene rings is 3. The van der Waals surface area contributed by atoms with Gasteiger partial charge in [0.1, 0.15) is 24.7 Å². The van der Waals surface area contributed by atoms with Gasteiger partial charge in [0.05, 0.1) is 54.9 Å². The largest absolute Gasteiger partial charge is 0.494 e. The van der Waals surface area contributed by atoms with Crippen LogP contribution >= 0.6 is 23.2 Å². The van der Waals surface area contributed by atoms with Gasteiger partial charge in [0.15, 0.2) is 21.5 Å². The summed E-state index contributed by atoms with van der Waals surface area (Å²) in [6, 6.07) is 20.9. The van der Waals surface area contributed by atoms with Crippen LogP contribution in [0.25, 0.3) is 0 Å². The highest BCUT2D eigenvalue weighted by atomic mass is 35.5. The van der Waals surface area contributed by atoms with Gasteiger partial charge in [-0.2, -0.15) is 18.6 Å². The molecule has 0 amide bonds. The zero-order chi connectivity index (χ0) is 44.1. The van der Waals surface area contributed by atoms with Crippen molar-refractivity contribution in [2.45, 2.75) is 97.9 Å². The van der Waals surface area contributed by atoms with Gasteiger partial charge in [-0.3, -0.25) is 18.2 Å². The summed E-state index contributed by atoms with van der Waals surface area (Å²) < 4.78 is 66.4. The molecule has 0 atom stereocenters. The molecular weight excluding hydrogens is 850 g/mol. The van der Waals surface area contributed by atoms with E-state index in [2.05, 4.69) is 10.2 Å². The zero-order valence-electron chi connectivity index (χ0n) is 34.7. The molecule has 13 nitrogen and oxygen atoms in total. The summed E-state index contributed by atoms with van der Waals surface area (Å²) in [5.74, 6) is 1.76. The smallest absolute Gasteiger partial charge is 0.296 e. The fourth-order valence-electron chi connectivity index (χ4n) is 5.11. The Morgan fingerprint density at radius 3 is 1.43 bits per heavy atom. The molecule has 5 aromatic rings. The number of aromatic nitrogens is 4. The minimum Gasteiger partial charge on any atom is -0.494 e. The molecule has 17 heteroatoms. The summed E-state index contributed by atoms with van der Waals surface area (Å²) in [4.78, 5) is 24.8. The zero-order valence-corrected chi connectivity index (χ0v) is 37.1. The minimum atomic E-state index is -3.78. The molecule has 0 saturated heterocycles. The van der Waals surface area contributed by atoms with Crippen molar-refractivity contribution in [1.82, 2.24) is 19.6 Å². The monoisotopic (exact) mass is 904 g/mol. The third-order valence-electron chi connectivity index (χ3n) is 8.33. The van der Waals surface area contributed by atoms with Crippen molar-refractivity contribution < 1.29 is 35.9 Å². The number of alkyl halides is 1. The molecule has 0 saturated carbocycles. The van der Waals surface area contributed by atoms with Gasteiger partial charge in [-0.1, -0.05) is 72.6 Å². The van der Waals surface area contributed by atoms with Gasteiger partial charge >= 0.3 is 0 Å². The van der Waals surface area contributed by atoms with E-state index in [4.69, 9.17) is 46.3 Å². The predicted octanol–water partition coefficient (Wildman–Crippen LogP) is 9.32. The lowest BCUT2D eigenvalue weighted by molar-refractivity contribution is 0.250. The Bertz CT molecular complexity index is 2380. The van der Waals surface area contributed by atoms with E-state index >= 15 is 0 Å². The fourth-order valence-corrected chi connectivity index (χ4v) is 6.42. The first kappa shape index (κ1) is 50.4. The van der Waals surface area contributed by atoms with Crippen LogP contribution in [0.2, 0.25) is 10.0 Å². The molecule has 3 aromatic carbocycles. The molecule has 332 valence electrons. The Morgan fingerprint density at radius 1 is 0.623 bits per heavy atom. The molecule has 0 aliphatic heterocycles. The number of halogens is 3. The quantitative estimate of drug-likeness (QED) is 0.0649. The Labute approximate surface area is 367 Å². The van der Waals surface area contributed by atoms with Crippen LogP contribution in [-0.2, 0) is 38.6 Å². The maximum atomic E-state index is 12.4. The number of aryl methyl sites for hydroxylation is 1. The third kappa shape index (κ3) is 15.2. The summed E-state index contributed by atoms with van der Waals surface area (Å²) >= 11 is 12.3. The second-order valence-corrected chi connectivity index (χ2v) is 17.8. The molecule has 0 unspecified atom stereocenters. The van der Waals surface area contributed by atoms with Gasteiger partial charge in [-0.15, -0.1) is 0 Å². The van der Waals surface area contributed by atoms with Crippen LogP contribution in [0.15, 0.2) is 99.7 Å². The predicted molar refractivity (Wildman–Crippen MR) is 236 cm³/mol. The van der Waals surface area contributed by atoms with Gasteiger partial charge in [0, 0.05) is 12.8 Å². The van der Waals surface area contributed by atoms with Crippen LogP contribution in [0.3, 0.4) is 0 Å².